The summed E-state index contributed by atoms with van der Waals surface area (Å²) in [5.41, 5.74) is 2.11. The average Bonchev–Trinajstić information content (AvgIpc) is 3.06. The van der Waals surface area contributed by atoms with Gasteiger partial charge in [-0.15, -0.1) is 0 Å². The van der Waals surface area contributed by atoms with Gasteiger partial charge in [-0.05, 0) is 12.5 Å². The number of rotatable bonds is 8. The van der Waals surface area contributed by atoms with Gasteiger partial charge in [0.1, 0.15) is 0 Å². The van der Waals surface area contributed by atoms with Crippen molar-refractivity contribution in [3.05, 3.63) is 47.1 Å². The van der Waals surface area contributed by atoms with E-state index in [2.05, 4.69) is 10.1 Å². The van der Waals surface area contributed by atoms with Crippen LogP contribution in [0.1, 0.15) is 42.6 Å². The molecule has 0 aliphatic carbocycles. The van der Waals surface area contributed by atoms with Gasteiger partial charge in [-0.3, -0.25) is 4.79 Å². The molecular weight excluding hydrogens is 392 g/mol. The molecule has 9 heteroatoms. The molecule has 29 heavy (non-hydrogen) atoms. The third-order valence-corrected chi connectivity index (χ3v) is 6.39. The number of sulfonamides is 1. The molecule has 1 saturated heterocycles. The second-order valence-electron chi connectivity index (χ2n) is 7.94. The third-order valence-electron chi connectivity index (χ3n) is 5.06. The highest BCUT2D eigenvalue weighted by Crippen LogP contribution is 2.20. The monoisotopic (exact) mass is 420 g/mol. The summed E-state index contributed by atoms with van der Waals surface area (Å²) < 4.78 is 31.1. The van der Waals surface area contributed by atoms with Crippen LogP contribution in [-0.4, -0.2) is 65.6 Å². The van der Waals surface area contributed by atoms with E-state index in [1.165, 1.54) is 10.6 Å². The maximum absolute atomic E-state index is 12.5. The highest BCUT2D eigenvalue weighted by Gasteiger charge is 2.38. The van der Waals surface area contributed by atoms with Gasteiger partial charge in [0.2, 0.25) is 21.8 Å². The first-order valence-electron chi connectivity index (χ1n) is 9.76. The highest BCUT2D eigenvalue weighted by atomic mass is 32.2. The number of aryl methyl sites for hydroxylation is 1. The molecule has 2 heterocycles. The molecule has 0 bridgehead atoms. The van der Waals surface area contributed by atoms with Crippen LogP contribution < -0.4 is 0 Å². The Bertz CT molecular complexity index is 947. The van der Waals surface area contributed by atoms with Crippen LogP contribution in [0.3, 0.4) is 0 Å². The third kappa shape index (κ3) is 5.42. The van der Waals surface area contributed by atoms with E-state index in [0.717, 1.165) is 11.1 Å². The van der Waals surface area contributed by atoms with E-state index in [9.17, 15) is 13.2 Å². The molecule has 0 radical (unpaired) electrons. The number of benzene rings is 1. The zero-order valence-corrected chi connectivity index (χ0v) is 18.1. The van der Waals surface area contributed by atoms with Crippen molar-refractivity contribution in [3.63, 3.8) is 0 Å². The largest absolute Gasteiger partial charge is 0.339 e. The molecule has 1 aliphatic rings. The predicted octanol–water partition coefficient (Wildman–Crippen LogP) is 1.76. The van der Waals surface area contributed by atoms with Gasteiger partial charge in [-0.2, -0.15) is 9.29 Å². The Morgan fingerprint density at radius 2 is 1.93 bits per heavy atom. The Morgan fingerprint density at radius 3 is 2.48 bits per heavy atom. The van der Waals surface area contributed by atoms with Crippen LogP contribution in [0.25, 0.3) is 0 Å². The molecular formula is C20H28N4O4S. The summed E-state index contributed by atoms with van der Waals surface area (Å²) in [7, 11) is -3.41. The molecule has 0 N–H and O–H groups in total. The van der Waals surface area contributed by atoms with Crippen molar-refractivity contribution < 1.29 is 17.7 Å². The smallest absolute Gasteiger partial charge is 0.229 e. The molecule has 1 aromatic carbocycles. The maximum Gasteiger partial charge on any atom is 0.229 e. The molecule has 2 aromatic rings. The standard InChI is InChI=1S/C20H28N4O4S/c1-14(2)20-21-18(22-28-20)9-10-24(29(4,26)27)17-12-23(13-17)19(25)11-16-7-5-15(3)6-8-16/h5-8,14,17H,9-13H2,1-4H3. The van der Waals surface area contributed by atoms with Crippen LogP contribution in [-0.2, 0) is 27.7 Å². The van der Waals surface area contributed by atoms with E-state index in [0.29, 0.717) is 37.6 Å². The van der Waals surface area contributed by atoms with Gasteiger partial charge in [0.15, 0.2) is 5.82 Å². The van der Waals surface area contributed by atoms with Gasteiger partial charge < -0.3 is 9.42 Å². The Labute approximate surface area is 171 Å². The molecule has 1 fully saturated rings. The van der Waals surface area contributed by atoms with Crippen LogP contribution in [0, 0.1) is 6.92 Å². The van der Waals surface area contributed by atoms with E-state index in [1.807, 2.05) is 45.0 Å². The van der Waals surface area contributed by atoms with E-state index in [4.69, 9.17) is 4.52 Å². The Morgan fingerprint density at radius 1 is 1.28 bits per heavy atom. The molecule has 3 rings (SSSR count). The summed E-state index contributed by atoms with van der Waals surface area (Å²) in [5, 5.41) is 3.92. The molecule has 0 spiro atoms. The van der Waals surface area contributed by atoms with Crippen LogP contribution in [0.2, 0.25) is 0 Å². The number of carbonyl (C=O) groups excluding carboxylic acids is 1. The van der Waals surface area contributed by atoms with Crippen molar-refractivity contribution in [1.82, 2.24) is 19.3 Å². The van der Waals surface area contributed by atoms with E-state index >= 15 is 0 Å². The van der Waals surface area contributed by atoms with Crippen molar-refractivity contribution >= 4 is 15.9 Å². The lowest BCUT2D eigenvalue weighted by Crippen LogP contribution is -2.62. The lowest BCUT2D eigenvalue weighted by atomic mass is 10.0. The summed E-state index contributed by atoms with van der Waals surface area (Å²) in [4.78, 5) is 18.5. The Balaban J connectivity index is 1.55. The molecule has 1 aliphatic heterocycles. The molecule has 158 valence electrons. The van der Waals surface area contributed by atoms with Crippen LogP contribution in [0.4, 0.5) is 0 Å². The predicted molar refractivity (Wildman–Crippen MR) is 109 cm³/mol. The fourth-order valence-electron chi connectivity index (χ4n) is 3.27. The number of likely N-dealkylation sites (tertiary alicyclic amines) is 1. The summed E-state index contributed by atoms with van der Waals surface area (Å²) in [6.45, 7) is 6.99. The second-order valence-corrected chi connectivity index (χ2v) is 9.88. The highest BCUT2D eigenvalue weighted by molar-refractivity contribution is 7.88. The summed E-state index contributed by atoms with van der Waals surface area (Å²) in [5.74, 6) is 1.18. The minimum absolute atomic E-state index is 0.0123. The minimum atomic E-state index is -3.41. The number of carbonyl (C=O) groups is 1. The summed E-state index contributed by atoms with van der Waals surface area (Å²) in [6.07, 6.45) is 1.89. The van der Waals surface area contributed by atoms with Gasteiger partial charge in [0, 0.05) is 32.0 Å². The van der Waals surface area contributed by atoms with Gasteiger partial charge in [-0.1, -0.05) is 48.8 Å². The number of nitrogens with zero attached hydrogens (tertiary/aromatic N) is 4. The lowest BCUT2D eigenvalue weighted by Gasteiger charge is -2.44. The van der Waals surface area contributed by atoms with E-state index in [-0.39, 0.29) is 24.4 Å². The lowest BCUT2D eigenvalue weighted by molar-refractivity contribution is -0.136. The van der Waals surface area contributed by atoms with E-state index in [1.54, 1.807) is 4.90 Å². The van der Waals surface area contributed by atoms with Gasteiger partial charge in [0.25, 0.3) is 0 Å². The Kier molecular flexibility index (Phi) is 6.38. The van der Waals surface area contributed by atoms with E-state index < -0.39 is 10.0 Å². The average molecular weight is 421 g/mol. The summed E-state index contributed by atoms with van der Waals surface area (Å²) >= 11 is 0. The van der Waals surface area contributed by atoms with Gasteiger partial charge in [-0.25, -0.2) is 8.42 Å². The Hall–Kier alpha value is -2.26. The number of amides is 1. The van der Waals surface area contributed by atoms with Gasteiger partial charge >= 0.3 is 0 Å². The number of hydrogen-bond donors (Lipinski definition) is 0. The molecule has 1 aromatic heterocycles. The van der Waals surface area contributed by atoms with Crippen LogP contribution in [0.15, 0.2) is 28.8 Å². The molecule has 1 amide bonds. The zero-order chi connectivity index (χ0) is 21.2. The van der Waals surface area contributed by atoms with Gasteiger partial charge in [0.05, 0.1) is 18.7 Å². The normalized spacial score (nSPS) is 15.2. The van der Waals surface area contributed by atoms with Crippen LogP contribution in [0.5, 0.6) is 0 Å². The fourth-order valence-corrected chi connectivity index (χ4v) is 4.36. The molecule has 0 unspecified atom stereocenters. The summed E-state index contributed by atoms with van der Waals surface area (Å²) in [6, 6.07) is 7.64. The van der Waals surface area contributed by atoms with Crippen molar-refractivity contribution in [2.45, 2.75) is 45.6 Å². The van der Waals surface area contributed by atoms with Crippen molar-refractivity contribution in [2.24, 2.45) is 0 Å². The SMILES string of the molecule is Cc1ccc(CC(=O)N2CC(N(CCc3noc(C(C)C)n3)S(C)(=O)=O)C2)cc1. The number of hydrogen-bond acceptors (Lipinski definition) is 6. The maximum atomic E-state index is 12.5. The fraction of sp³-hybridized carbons (Fsp3) is 0.550. The number of aromatic nitrogens is 2. The van der Waals surface area contributed by atoms with Crippen LogP contribution >= 0.6 is 0 Å². The second kappa shape index (κ2) is 8.62. The van der Waals surface area contributed by atoms with Crippen molar-refractivity contribution in [3.8, 4) is 0 Å². The molecule has 8 nitrogen and oxygen atoms in total. The minimum Gasteiger partial charge on any atom is -0.339 e. The first kappa shape index (κ1) is 21.4. The van der Waals surface area contributed by atoms with Crippen molar-refractivity contribution in [2.75, 3.05) is 25.9 Å². The van der Waals surface area contributed by atoms with Crippen molar-refractivity contribution in [1.29, 1.82) is 0 Å². The first-order valence-corrected chi connectivity index (χ1v) is 11.6. The topological polar surface area (TPSA) is 96.6 Å². The molecule has 0 atom stereocenters. The molecule has 0 saturated carbocycles. The first-order chi connectivity index (χ1) is 13.6. The zero-order valence-electron chi connectivity index (χ0n) is 17.3. The quantitative estimate of drug-likeness (QED) is 0.646.